The average Bonchev–Trinajstić information content (AvgIpc) is 2.76. The highest BCUT2D eigenvalue weighted by Gasteiger charge is 2.47. The molecule has 1 heterocycles. The molecule has 5 rings (SSSR count). The minimum Gasteiger partial charge on any atom is -0.489 e. The van der Waals surface area contributed by atoms with Crippen molar-refractivity contribution in [3.8, 4) is 5.75 Å². The van der Waals surface area contributed by atoms with Crippen molar-refractivity contribution in [3.05, 3.63) is 85.1 Å². The van der Waals surface area contributed by atoms with Gasteiger partial charge in [-0.25, -0.2) is 0 Å². The molecule has 0 radical (unpaired) electrons. The third-order valence-electron chi connectivity index (χ3n) is 7.34. The molecule has 0 atom stereocenters. The van der Waals surface area contributed by atoms with Crippen LogP contribution in [0.2, 0.25) is 0 Å². The van der Waals surface area contributed by atoms with Crippen LogP contribution in [-0.4, -0.2) is 11.6 Å². The molecule has 0 bridgehead atoms. The van der Waals surface area contributed by atoms with Gasteiger partial charge in [-0.2, -0.15) is 0 Å². The van der Waals surface area contributed by atoms with Gasteiger partial charge >= 0.3 is 0 Å². The van der Waals surface area contributed by atoms with E-state index in [0.717, 1.165) is 55.5 Å². The normalized spacial score (nSPS) is 21.2. The number of halogens is 2. The Labute approximate surface area is 229 Å². The fraction of sp³-hybridized carbons (Fsp3) is 0.400. The monoisotopic (exact) mass is 611 g/mol. The molecule has 0 fully saturated rings. The van der Waals surface area contributed by atoms with Crippen LogP contribution in [0.25, 0.3) is 0 Å². The molecule has 4 nitrogen and oxygen atoms in total. The summed E-state index contributed by atoms with van der Waals surface area (Å²) in [6.45, 7) is 8.92. The van der Waals surface area contributed by atoms with E-state index in [4.69, 9.17) is 4.74 Å². The zero-order chi connectivity index (χ0) is 25.8. The first kappa shape index (κ1) is 25.5. The lowest BCUT2D eigenvalue weighted by atomic mass is 9.64. The van der Waals surface area contributed by atoms with Gasteiger partial charge in [0.25, 0.3) is 0 Å². The van der Waals surface area contributed by atoms with Crippen molar-refractivity contribution < 1.29 is 14.3 Å². The number of allylic oxidation sites excluding steroid dienone is 4. The quantitative estimate of drug-likeness (QED) is 0.383. The summed E-state index contributed by atoms with van der Waals surface area (Å²) >= 11 is 7.24. The van der Waals surface area contributed by atoms with Crippen LogP contribution in [0.3, 0.4) is 0 Å². The standard InChI is InChI=1S/C30H31Br2NO3/c1-29(2)12-21-27(23(34)14-29)26(28-22(33-21)13-30(3,4)15-24(28)35)19-11-18(31)9-10-25(19)36-16-17-7-5-6-8-20(17)32/h5-11,26,33H,12-16H2,1-4H3. The van der Waals surface area contributed by atoms with E-state index in [1.54, 1.807) is 0 Å². The molecule has 0 spiro atoms. The van der Waals surface area contributed by atoms with E-state index < -0.39 is 5.92 Å². The molecule has 2 aromatic carbocycles. The molecule has 6 heteroatoms. The summed E-state index contributed by atoms with van der Waals surface area (Å²) in [7, 11) is 0. The zero-order valence-electron chi connectivity index (χ0n) is 21.1. The van der Waals surface area contributed by atoms with E-state index in [-0.39, 0.29) is 22.4 Å². The molecule has 0 amide bonds. The maximum absolute atomic E-state index is 13.7. The molecule has 0 unspecified atom stereocenters. The summed E-state index contributed by atoms with van der Waals surface area (Å²) < 4.78 is 8.26. The summed E-state index contributed by atoms with van der Waals surface area (Å²) in [6.07, 6.45) is 2.48. The number of carbonyl (C=O) groups excluding carboxylic acids is 2. The number of ether oxygens (including phenoxy) is 1. The van der Waals surface area contributed by atoms with Gasteiger partial charge < -0.3 is 10.1 Å². The Morgan fingerprint density at radius 3 is 2.03 bits per heavy atom. The van der Waals surface area contributed by atoms with Crippen LogP contribution in [0.5, 0.6) is 5.75 Å². The predicted molar refractivity (Wildman–Crippen MR) is 149 cm³/mol. The predicted octanol–water partition coefficient (Wildman–Crippen LogP) is 7.76. The second-order valence-corrected chi connectivity index (χ2v) is 13.6. The second kappa shape index (κ2) is 9.29. The Balaban J connectivity index is 1.65. The highest BCUT2D eigenvalue weighted by Crippen LogP contribution is 2.52. The molecule has 2 aliphatic carbocycles. The molecule has 36 heavy (non-hydrogen) atoms. The van der Waals surface area contributed by atoms with Crippen molar-refractivity contribution in [3.63, 3.8) is 0 Å². The number of carbonyl (C=O) groups is 2. The Morgan fingerprint density at radius 2 is 1.44 bits per heavy atom. The van der Waals surface area contributed by atoms with Gasteiger partial charge in [-0.15, -0.1) is 0 Å². The lowest BCUT2D eigenvalue weighted by molar-refractivity contribution is -0.119. The summed E-state index contributed by atoms with van der Waals surface area (Å²) in [6, 6.07) is 13.9. The number of Topliss-reactive ketones (excluding diaryl/α,β-unsaturated/α-hetero) is 2. The molecule has 2 aromatic rings. The smallest absolute Gasteiger partial charge is 0.162 e. The molecular formula is C30H31Br2NO3. The van der Waals surface area contributed by atoms with Crippen molar-refractivity contribution >= 4 is 43.4 Å². The molecule has 3 aliphatic rings. The highest BCUT2D eigenvalue weighted by atomic mass is 79.9. The molecule has 1 aliphatic heterocycles. The first-order valence-electron chi connectivity index (χ1n) is 12.4. The third-order valence-corrected chi connectivity index (χ3v) is 8.61. The number of dihydropyridines is 1. The van der Waals surface area contributed by atoms with Gasteiger partial charge in [0.1, 0.15) is 12.4 Å². The minimum atomic E-state index is -0.435. The van der Waals surface area contributed by atoms with Crippen molar-refractivity contribution in [1.29, 1.82) is 0 Å². The lowest BCUT2D eigenvalue weighted by Crippen LogP contribution is -2.42. The number of ketones is 2. The SMILES string of the molecule is CC1(C)CC(=O)C2=C(C1)NC1=C(C(=O)CC(C)(C)C1)C2c1cc(Br)ccc1OCc1ccccc1Br. The summed E-state index contributed by atoms with van der Waals surface area (Å²) in [4.78, 5) is 27.3. The van der Waals surface area contributed by atoms with Crippen LogP contribution in [0.4, 0.5) is 0 Å². The summed E-state index contributed by atoms with van der Waals surface area (Å²) in [5, 5.41) is 3.59. The number of benzene rings is 2. The van der Waals surface area contributed by atoms with Crippen LogP contribution in [0.1, 0.15) is 70.4 Å². The van der Waals surface area contributed by atoms with Crippen molar-refractivity contribution in [2.45, 2.75) is 65.9 Å². The highest BCUT2D eigenvalue weighted by molar-refractivity contribution is 9.10. The van der Waals surface area contributed by atoms with Gasteiger partial charge in [-0.3, -0.25) is 9.59 Å². The lowest BCUT2D eigenvalue weighted by Gasteiger charge is -2.44. The molecule has 1 N–H and O–H groups in total. The number of hydrogen-bond acceptors (Lipinski definition) is 4. The van der Waals surface area contributed by atoms with E-state index in [1.807, 2.05) is 42.5 Å². The fourth-order valence-electron chi connectivity index (χ4n) is 5.85. The second-order valence-electron chi connectivity index (χ2n) is 11.8. The van der Waals surface area contributed by atoms with E-state index in [1.165, 1.54) is 0 Å². The Bertz CT molecular complexity index is 1280. The van der Waals surface area contributed by atoms with Crippen molar-refractivity contribution in [2.75, 3.05) is 0 Å². The Morgan fingerprint density at radius 1 is 0.861 bits per heavy atom. The van der Waals surface area contributed by atoms with Crippen LogP contribution in [0.15, 0.2) is 74.0 Å². The van der Waals surface area contributed by atoms with Crippen molar-refractivity contribution in [2.24, 2.45) is 10.8 Å². The molecule has 0 saturated carbocycles. The van der Waals surface area contributed by atoms with Crippen LogP contribution in [0, 0.1) is 10.8 Å². The first-order valence-corrected chi connectivity index (χ1v) is 14.0. The van der Waals surface area contributed by atoms with Crippen LogP contribution >= 0.6 is 31.9 Å². The number of hydrogen-bond donors (Lipinski definition) is 1. The van der Waals surface area contributed by atoms with E-state index >= 15 is 0 Å². The van der Waals surface area contributed by atoms with Gasteiger partial charge in [0, 0.05) is 61.4 Å². The maximum atomic E-state index is 13.7. The Hall–Kier alpha value is -2.18. The van der Waals surface area contributed by atoms with Crippen LogP contribution in [-0.2, 0) is 16.2 Å². The molecular weight excluding hydrogens is 582 g/mol. The first-order chi connectivity index (χ1) is 16.9. The fourth-order valence-corrected chi connectivity index (χ4v) is 6.63. The van der Waals surface area contributed by atoms with Gasteiger partial charge in [0.2, 0.25) is 0 Å². The third kappa shape index (κ3) is 4.87. The number of rotatable bonds is 4. The van der Waals surface area contributed by atoms with Gasteiger partial charge in [0.05, 0.1) is 0 Å². The summed E-state index contributed by atoms with van der Waals surface area (Å²) in [5.41, 5.74) is 5.01. The van der Waals surface area contributed by atoms with E-state index in [2.05, 4.69) is 64.9 Å². The molecule has 188 valence electrons. The summed E-state index contributed by atoms with van der Waals surface area (Å²) in [5.74, 6) is 0.476. The van der Waals surface area contributed by atoms with E-state index in [0.29, 0.717) is 25.2 Å². The van der Waals surface area contributed by atoms with Crippen LogP contribution < -0.4 is 10.1 Å². The van der Waals surface area contributed by atoms with Gasteiger partial charge in [-0.1, -0.05) is 77.8 Å². The Kier molecular flexibility index (Phi) is 6.57. The van der Waals surface area contributed by atoms with Gasteiger partial charge in [-0.05, 0) is 47.9 Å². The molecule has 0 saturated heterocycles. The average molecular weight is 613 g/mol. The number of nitrogens with one attached hydrogen (secondary N) is 1. The van der Waals surface area contributed by atoms with Crippen molar-refractivity contribution in [1.82, 2.24) is 5.32 Å². The maximum Gasteiger partial charge on any atom is 0.162 e. The zero-order valence-corrected chi connectivity index (χ0v) is 24.3. The topological polar surface area (TPSA) is 55.4 Å². The van der Waals surface area contributed by atoms with E-state index in [9.17, 15) is 9.59 Å². The minimum absolute atomic E-state index is 0.111. The molecule has 0 aromatic heterocycles. The largest absolute Gasteiger partial charge is 0.489 e. The van der Waals surface area contributed by atoms with Gasteiger partial charge in [0.15, 0.2) is 11.6 Å².